The minimum Gasteiger partial charge on any atom is -0.365 e. The lowest BCUT2D eigenvalue weighted by Crippen LogP contribution is -2.44. The van der Waals surface area contributed by atoms with Gasteiger partial charge in [-0.2, -0.15) is 0 Å². The molecule has 0 radical (unpaired) electrons. The molecule has 1 saturated heterocycles. The van der Waals surface area contributed by atoms with E-state index in [-0.39, 0.29) is 5.54 Å². The molecule has 1 aliphatic heterocycles. The van der Waals surface area contributed by atoms with Gasteiger partial charge in [-0.15, -0.1) is 0 Å². The van der Waals surface area contributed by atoms with Crippen molar-refractivity contribution in [1.82, 2.24) is 5.32 Å². The molecule has 0 bridgehead atoms. The summed E-state index contributed by atoms with van der Waals surface area (Å²) in [4.78, 5) is 2.54. The first-order valence-corrected chi connectivity index (χ1v) is 6.56. The Kier molecular flexibility index (Phi) is 3.43. The van der Waals surface area contributed by atoms with Crippen LogP contribution in [0, 0.1) is 13.8 Å². The van der Waals surface area contributed by atoms with E-state index in [0.717, 1.165) is 19.6 Å². The Morgan fingerprint density at radius 2 is 1.88 bits per heavy atom. The fraction of sp³-hybridized carbons (Fsp3) is 0.600. The summed E-state index contributed by atoms with van der Waals surface area (Å²) in [6.45, 7) is 12.3. The van der Waals surface area contributed by atoms with E-state index in [1.54, 1.807) is 0 Å². The molecule has 1 heterocycles. The number of benzene rings is 1. The van der Waals surface area contributed by atoms with Gasteiger partial charge in [-0.3, -0.25) is 0 Å². The lowest BCUT2D eigenvalue weighted by molar-refractivity contribution is 0.454. The van der Waals surface area contributed by atoms with E-state index in [2.05, 4.69) is 56.1 Å². The zero-order chi connectivity index (χ0) is 12.5. The van der Waals surface area contributed by atoms with Gasteiger partial charge in [-0.1, -0.05) is 6.07 Å². The number of hydrogen-bond donors (Lipinski definition) is 1. The number of rotatable bonds is 1. The molecule has 1 fully saturated rings. The maximum absolute atomic E-state index is 3.49. The average Bonchev–Trinajstić information content (AvgIpc) is 2.43. The maximum Gasteiger partial charge on any atom is 0.0373 e. The van der Waals surface area contributed by atoms with Crippen molar-refractivity contribution in [3.63, 3.8) is 0 Å². The van der Waals surface area contributed by atoms with Crippen LogP contribution in [0.3, 0.4) is 0 Å². The molecule has 2 nitrogen and oxygen atoms in total. The highest BCUT2D eigenvalue weighted by atomic mass is 15.2. The van der Waals surface area contributed by atoms with Crippen molar-refractivity contribution >= 4 is 5.69 Å². The van der Waals surface area contributed by atoms with Crippen LogP contribution in [0.2, 0.25) is 0 Å². The predicted molar refractivity (Wildman–Crippen MR) is 74.8 cm³/mol. The molecule has 0 saturated carbocycles. The van der Waals surface area contributed by atoms with Crippen LogP contribution >= 0.6 is 0 Å². The van der Waals surface area contributed by atoms with Crippen LogP contribution in [0.4, 0.5) is 5.69 Å². The predicted octanol–water partition coefficient (Wildman–Crippen LogP) is 2.88. The monoisotopic (exact) mass is 232 g/mol. The Morgan fingerprint density at radius 3 is 2.59 bits per heavy atom. The third-order valence-electron chi connectivity index (χ3n) is 3.96. The summed E-state index contributed by atoms with van der Waals surface area (Å²) in [6.07, 6.45) is 1.19. The second-order valence-electron chi connectivity index (χ2n) is 5.73. The summed E-state index contributed by atoms with van der Waals surface area (Å²) in [5.41, 5.74) is 4.36. The summed E-state index contributed by atoms with van der Waals surface area (Å²) >= 11 is 0. The Morgan fingerprint density at radius 1 is 1.12 bits per heavy atom. The largest absolute Gasteiger partial charge is 0.365 e. The molecule has 0 amide bonds. The first-order valence-electron chi connectivity index (χ1n) is 6.56. The summed E-state index contributed by atoms with van der Waals surface area (Å²) in [5.74, 6) is 0. The molecule has 1 aliphatic rings. The molecule has 0 atom stereocenters. The van der Waals surface area contributed by atoms with E-state index in [4.69, 9.17) is 0 Å². The van der Waals surface area contributed by atoms with Gasteiger partial charge in [0.1, 0.15) is 0 Å². The first kappa shape index (κ1) is 12.4. The smallest absolute Gasteiger partial charge is 0.0373 e. The molecule has 2 heteroatoms. The van der Waals surface area contributed by atoms with Gasteiger partial charge in [-0.05, 0) is 63.9 Å². The lowest BCUT2D eigenvalue weighted by Gasteiger charge is -2.39. The van der Waals surface area contributed by atoms with Crippen molar-refractivity contribution in [2.75, 3.05) is 24.5 Å². The molecule has 94 valence electrons. The average molecular weight is 232 g/mol. The highest BCUT2D eigenvalue weighted by Crippen LogP contribution is 2.28. The number of aryl methyl sites for hydroxylation is 2. The van der Waals surface area contributed by atoms with Crippen LogP contribution in [-0.4, -0.2) is 25.2 Å². The molecule has 0 spiro atoms. The van der Waals surface area contributed by atoms with E-state index >= 15 is 0 Å². The van der Waals surface area contributed by atoms with Crippen molar-refractivity contribution in [2.45, 2.75) is 39.7 Å². The molecule has 1 aromatic rings. The number of hydrogen-bond acceptors (Lipinski definition) is 2. The standard InChI is InChI=1S/C15H24N2/c1-12-5-6-14(11-13(12)2)17-10-9-16-8-7-15(17,3)4/h5-6,11,16H,7-10H2,1-4H3. The quantitative estimate of drug-likeness (QED) is 0.801. The van der Waals surface area contributed by atoms with Crippen molar-refractivity contribution < 1.29 is 0 Å². The molecular weight excluding hydrogens is 208 g/mol. The Labute approximate surface area is 105 Å². The summed E-state index contributed by atoms with van der Waals surface area (Å²) in [7, 11) is 0. The maximum atomic E-state index is 3.49. The molecule has 0 unspecified atom stereocenters. The second kappa shape index (κ2) is 4.69. The first-order chi connectivity index (χ1) is 8.00. The topological polar surface area (TPSA) is 15.3 Å². The molecule has 1 N–H and O–H groups in total. The summed E-state index contributed by atoms with van der Waals surface area (Å²) in [6, 6.07) is 6.82. The van der Waals surface area contributed by atoms with Crippen molar-refractivity contribution in [1.29, 1.82) is 0 Å². The SMILES string of the molecule is Cc1ccc(N2CCNCCC2(C)C)cc1C. The van der Waals surface area contributed by atoms with Gasteiger partial charge in [0, 0.05) is 24.3 Å². The zero-order valence-corrected chi connectivity index (χ0v) is 11.5. The van der Waals surface area contributed by atoms with Crippen molar-refractivity contribution in [3.8, 4) is 0 Å². The van der Waals surface area contributed by atoms with E-state index < -0.39 is 0 Å². The third kappa shape index (κ3) is 2.63. The van der Waals surface area contributed by atoms with Gasteiger partial charge in [0.25, 0.3) is 0 Å². The van der Waals surface area contributed by atoms with Crippen LogP contribution in [-0.2, 0) is 0 Å². The molecule has 0 aliphatic carbocycles. The normalized spacial score (nSPS) is 20.1. The second-order valence-corrected chi connectivity index (χ2v) is 5.73. The number of nitrogens with one attached hydrogen (secondary N) is 1. The third-order valence-corrected chi connectivity index (χ3v) is 3.96. The number of anilines is 1. The Bertz CT molecular complexity index is 396. The van der Waals surface area contributed by atoms with Crippen LogP contribution in [0.5, 0.6) is 0 Å². The van der Waals surface area contributed by atoms with E-state index in [0.29, 0.717) is 0 Å². The van der Waals surface area contributed by atoms with Crippen molar-refractivity contribution in [3.05, 3.63) is 29.3 Å². The van der Waals surface area contributed by atoms with Gasteiger partial charge >= 0.3 is 0 Å². The van der Waals surface area contributed by atoms with Gasteiger partial charge in [0.15, 0.2) is 0 Å². The molecular formula is C15H24N2. The van der Waals surface area contributed by atoms with E-state index in [1.807, 2.05) is 0 Å². The number of nitrogens with zero attached hydrogens (tertiary/aromatic N) is 1. The highest BCUT2D eigenvalue weighted by Gasteiger charge is 2.28. The fourth-order valence-electron chi connectivity index (χ4n) is 2.52. The molecule has 2 rings (SSSR count). The van der Waals surface area contributed by atoms with E-state index in [9.17, 15) is 0 Å². The minimum absolute atomic E-state index is 0.241. The van der Waals surface area contributed by atoms with Crippen LogP contribution in [0.25, 0.3) is 0 Å². The van der Waals surface area contributed by atoms with Crippen LogP contribution in [0.15, 0.2) is 18.2 Å². The molecule has 1 aromatic carbocycles. The lowest BCUT2D eigenvalue weighted by atomic mass is 9.97. The zero-order valence-electron chi connectivity index (χ0n) is 11.5. The fourth-order valence-corrected chi connectivity index (χ4v) is 2.52. The van der Waals surface area contributed by atoms with Gasteiger partial charge in [0.05, 0.1) is 0 Å². The summed E-state index contributed by atoms with van der Waals surface area (Å²) < 4.78 is 0. The Balaban J connectivity index is 2.32. The highest BCUT2D eigenvalue weighted by molar-refractivity contribution is 5.52. The van der Waals surface area contributed by atoms with Crippen molar-refractivity contribution in [2.24, 2.45) is 0 Å². The van der Waals surface area contributed by atoms with E-state index in [1.165, 1.54) is 23.2 Å². The van der Waals surface area contributed by atoms with Gasteiger partial charge < -0.3 is 10.2 Å². The minimum atomic E-state index is 0.241. The molecule has 0 aromatic heterocycles. The van der Waals surface area contributed by atoms with Gasteiger partial charge in [-0.25, -0.2) is 0 Å². The van der Waals surface area contributed by atoms with Crippen LogP contribution in [0.1, 0.15) is 31.4 Å². The Hall–Kier alpha value is -1.02. The molecule has 17 heavy (non-hydrogen) atoms. The summed E-state index contributed by atoms with van der Waals surface area (Å²) in [5, 5.41) is 3.49. The van der Waals surface area contributed by atoms with Crippen LogP contribution < -0.4 is 10.2 Å². The van der Waals surface area contributed by atoms with Gasteiger partial charge in [0.2, 0.25) is 0 Å².